The summed E-state index contributed by atoms with van der Waals surface area (Å²) in [5.41, 5.74) is 1.19. The average Bonchev–Trinajstić information content (AvgIpc) is 2.63. The number of nitrogens with one attached hydrogen (secondary N) is 1. The number of hydrogen-bond donors (Lipinski definition) is 1. The largest absolute Gasteiger partial charge is 0.405 e. The summed E-state index contributed by atoms with van der Waals surface area (Å²) in [5, 5.41) is 2.13. The molecule has 0 amide bonds. The van der Waals surface area contributed by atoms with Crippen LogP contribution in [0.1, 0.15) is 36.0 Å². The van der Waals surface area contributed by atoms with E-state index in [1.165, 1.54) is 27.3 Å². The van der Waals surface area contributed by atoms with E-state index < -0.39 is 24.9 Å². The Balaban J connectivity index is 2.56. The topological polar surface area (TPSA) is 73.3 Å². The smallest absolute Gasteiger partial charge is 0.352 e. The number of benzene rings is 1. The average molecular weight is 462 g/mol. The number of carbonyl (C=O) groups is 1. The SMILES string of the molecule is COC(OC)c1cnc(NCC(F)(F)F)nc1C(C(C)=O)c1ccc(Br)cc1. The van der Waals surface area contributed by atoms with Crippen molar-refractivity contribution in [3.63, 3.8) is 0 Å². The molecule has 0 saturated heterocycles. The summed E-state index contributed by atoms with van der Waals surface area (Å²) < 4.78 is 48.9. The minimum atomic E-state index is -4.44. The first-order chi connectivity index (χ1) is 13.2. The third kappa shape index (κ3) is 5.73. The molecule has 1 aromatic carbocycles. The first-order valence-corrected chi connectivity index (χ1v) is 8.94. The van der Waals surface area contributed by atoms with Gasteiger partial charge in [-0.3, -0.25) is 4.79 Å². The maximum atomic E-state index is 12.5. The number of halogens is 4. The lowest BCUT2D eigenvalue weighted by Gasteiger charge is -2.22. The van der Waals surface area contributed by atoms with Crippen LogP contribution < -0.4 is 5.32 Å². The fourth-order valence-electron chi connectivity index (χ4n) is 2.67. The molecule has 152 valence electrons. The molecule has 1 atom stereocenters. The van der Waals surface area contributed by atoms with Gasteiger partial charge in [0.1, 0.15) is 12.3 Å². The predicted molar refractivity (Wildman–Crippen MR) is 100 cm³/mol. The molecule has 0 spiro atoms. The lowest BCUT2D eigenvalue weighted by molar-refractivity contribution is -0.118. The Kier molecular flexibility index (Phi) is 7.50. The van der Waals surface area contributed by atoms with E-state index in [0.717, 1.165) is 4.47 Å². The Hall–Kier alpha value is -2.04. The maximum Gasteiger partial charge on any atom is 0.405 e. The van der Waals surface area contributed by atoms with Crippen LogP contribution in [0.25, 0.3) is 0 Å². The Bertz CT molecular complexity index is 812. The van der Waals surface area contributed by atoms with E-state index in [1.54, 1.807) is 24.3 Å². The van der Waals surface area contributed by atoms with Crippen molar-refractivity contribution in [1.82, 2.24) is 9.97 Å². The highest BCUT2D eigenvalue weighted by atomic mass is 79.9. The third-order valence-corrected chi connectivity index (χ3v) is 4.39. The summed E-state index contributed by atoms with van der Waals surface area (Å²) >= 11 is 3.33. The monoisotopic (exact) mass is 461 g/mol. The normalized spacial score (nSPS) is 12.9. The summed E-state index contributed by atoms with van der Waals surface area (Å²) in [6.07, 6.45) is -4.02. The molecule has 28 heavy (non-hydrogen) atoms. The van der Waals surface area contributed by atoms with E-state index in [1.807, 2.05) is 0 Å². The molecule has 6 nitrogen and oxygen atoms in total. The third-order valence-electron chi connectivity index (χ3n) is 3.86. The van der Waals surface area contributed by atoms with E-state index >= 15 is 0 Å². The van der Waals surface area contributed by atoms with Crippen LogP contribution in [0.5, 0.6) is 0 Å². The Morgan fingerprint density at radius 2 is 1.82 bits per heavy atom. The van der Waals surface area contributed by atoms with Gasteiger partial charge in [-0.1, -0.05) is 28.1 Å². The van der Waals surface area contributed by atoms with Crippen LogP contribution in [-0.4, -0.2) is 42.7 Å². The van der Waals surface area contributed by atoms with Gasteiger partial charge in [0.15, 0.2) is 6.29 Å². The fourth-order valence-corrected chi connectivity index (χ4v) is 2.94. The lowest BCUT2D eigenvalue weighted by Crippen LogP contribution is -2.24. The van der Waals surface area contributed by atoms with E-state index in [2.05, 4.69) is 31.2 Å². The van der Waals surface area contributed by atoms with Gasteiger partial charge in [-0.2, -0.15) is 13.2 Å². The summed E-state index contributed by atoms with van der Waals surface area (Å²) in [6, 6.07) is 7.00. The Labute approximate surface area is 168 Å². The predicted octanol–water partition coefficient (Wildman–Crippen LogP) is 4.23. The van der Waals surface area contributed by atoms with Crippen LogP contribution in [-0.2, 0) is 14.3 Å². The molecule has 1 unspecified atom stereocenters. The molecule has 0 aliphatic heterocycles. The number of methoxy groups -OCH3 is 2. The van der Waals surface area contributed by atoms with Crippen molar-refractivity contribution in [1.29, 1.82) is 0 Å². The summed E-state index contributed by atoms with van der Waals surface area (Å²) in [4.78, 5) is 20.6. The molecule has 2 aromatic rings. The van der Waals surface area contributed by atoms with Gasteiger partial charge < -0.3 is 14.8 Å². The van der Waals surface area contributed by atoms with Crippen molar-refractivity contribution in [2.24, 2.45) is 0 Å². The molecule has 0 saturated carbocycles. The number of aromatic nitrogens is 2. The van der Waals surface area contributed by atoms with Crippen molar-refractivity contribution in [2.75, 3.05) is 26.1 Å². The number of alkyl halides is 3. The molecule has 0 aliphatic carbocycles. The molecule has 2 rings (SSSR count). The van der Waals surface area contributed by atoms with Gasteiger partial charge in [0, 0.05) is 30.5 Å². The first kappa shape index (κ1) is 22.3. The van der Waals surface area contributed by atoms with E-state index in [-0.39, 0.29) is 17.4 Å². The second-order valence-corrected chi connectivity index (χ2v) is 6.82. The van der Waals surface area contributed by atoms with Gasteiger partial charge in [-0.25, -0.2) is 9.97 Å². The van der Waals surface area contributed by atoms with Gasteiger partial charge in [0.25, 0.3) is 0 Å². The fraction of sp³-hybridized carbons (Fsp3) is 0.389. The van der Waals surface area contributed by atoms with Gasteiger partial charge >= 0.3 is 6.18 Å². The molecule has 0 fully saturated rings. The van der Waals surface area contributed by atoms with Crippen LogP contribution in [0.3, 0.4) is 0 Å². The summed E-state index contributed by atoms with van der Waals surface area (Å²) in [7, 11) is 2.80. The second-order valence-electron chi connectivity index (χ2n) is 5.90. The molecule has 0 radical (unpaired) electrons. The van der Waals surface area contributed by atoms with Crippen molar-refractivity contribution < 1.29 is 27.4 Å². The minimum Gasteiger partial charge on any atom is -0.352 e. The van der Waals surface area contributed by atoms with Crippen LogP contribution in [0, 0.1) is 0 Å². The summed E-state index contributed by atoms with van der Waals surface area (Å²) in [5.74, 6) is -1.31. The molecule has 10 heteroatoms. The number of rotatable bonds is 8. The van der Waals surface area contributed by atoms with Crippen molar-refractivity contribution in [2.45, 2.75) is 25.3 Å². The van der Waals surface area contributed by atoms with Gasteiger partial charge in [0.05, 0.1) is 11.6 Å². The highest BCUT2D eigenvalue weighted by Crippen LogP contribution is 2.32. The molecular weight excluding hydrogens is 443 g/mol. The zero-order valence-corrected chi connectivity index (χ0v) is 17.0. The number of ketones is 1. The highest BCUT2D eigenvalue weighted by Gasteiger charge is 2.30. The zero-order chi connectivity index (χ0) is 20.9. The molecular formula is C18H19BrF3N3O3. The highest BCUT2D eigenvalue weighted by molar-refractivity contribution is 9.10. The number of ether oxygens (including phenoxy) is 2. The summed E-state index contributed by atoms with van der Waals surface area (Å²) in [6.45, 7) is 0.0861. The number of Topliss-reactive ketones (excluding diaryl/α,β-unsaturated/α-hetero) is 1. The van der Waals surface area contributed by atoms with Crippen LogP contribution >= 0.6 is 15.9 Å². The number of carbonyl (C=O) groups excluding carboxylic acids is 1. The van der Waals surface area contributed by atoms with Gasteiger partial charge in [0.2, 0.25) is 5.95 Å². The van der Waals surface area contributed by atoms with E-state index in [9.17, 15) is 18.0 Å². The van der Waals surface area contributed by atoms with E-state index in [4.69, 9.17) is 9.47 Å². The van der Waals surface area contributed by atoms with E-state index in [0.29, 0.717) is 11.1 Å². The van der Waals surface area contributed by atoms with Crippen LogP contribution in [0.15, 0.2) is 34.9 Å². The number of anilines is 1. The molecule has 1 heterocycles. The standard InChI is InChI=1S/C18H19BrF3N3O3/c1-10(26)14(11-4-6-12(19)7-5-11)15-13(16(27-2)28-3)8-23-17(25-15)24-9-18(20,21)22/h4-8,14,16H,9H2,1-3H3,(H,23,24,25). The molecule has 1 aromatic heterocycles. The van der Waals surface area contributed by atoms with Crippen LogP contribution in [0.4, 0.5) is 19.1 Å². The van der Waals surface area contributed by atoms with Gasteiger partial charge in [-0.15, -0.1) is 0 Å². The van der Waals surface area contributed by atoms with Gasteiger partial charge in [-0.05, 0) is 24.6 Å². The Morgan fingerprint density at radius 1 is 1.21 bits per heavy atom. The number of hydrogen-bond acceptors (Lipinski definition) is 6. The second kappa shape index (κ2) is 9.44. The minimum absolute atomic E-state index is 0.211. The van der Waals surface area contributed by atoms with Crippen molar-refractivity contribution in [3.8, 4) is 0 Å². The number of nitrogens with zero attached hydrogens (tertiary/aromatic N) is 2. The van der Waals surface area contributed by atoms with Crippen molar-refractivity contribution >= 4 is 27.7 Å². The molecule has 0 aliphatic rings. The van der Waals surface area contributed by atoms with Crippen LogP contribution in [0.2, 0.25) is 0 Å². The Morgan fingerprint density at radius 3 is 2.32 bits per heavy atom. The quantitative estimate of drug-likeness (QED) is 0.593. The zero-order valence-electron chi connectivity index (χ0n) is 15.4. The van der Waals surface area contributed by atoms with Crippen molar-refractivity contribution in [3.05, 3.63) is 51.8 Å². The molecule has 1 N–H and O–H groups in total. The lowest BCUT2D eigenvalue weighted by atomic mass is 9.89. The first-order valence-electron chi connectivity index (χ1n) is 8.15. The maximum absolute atomic E-state index is 12.5. The molecule has 0 bridgehead atoms.